The van der Waals surface area contributed by atoms with Crippen molar-refractivity contribution in [2.45, 2.75) is 37.6 Å². The fourth-order valence-electron chi connectivity index (χ4n) is 3.65. The van der Waals surface area contributed by atoms with Gasteiger partial charge in [-0.15, -0.1) is 10.2 Å². The van der Waals surface area contributed by atoms with Crippen LogP contribution in [0, 0.1) is 6.92 Å². The standard InChI is InChI=1S/C27H23Cl2F3N4OS/c1-17-7-9-19(10-8-17)25-34-35-26(36(25)21-11-12-22(28)23(29)15-21)38-13-3-6-24(37)33-16-18-4-2-5-20(14-18)27(30,31)32/h2,4-5,7-12,14-15H,3,6,13,16H2,1H3,(H,33,37). The van der Waals surface area contributed by atoms with Crippen LogP contribution in [0.1, 0.15) is 29.5 Å². The lowest BCUT2D eigenvalue weighted by Crippen LogP contribution is -2.22. The van der Waals surface area contributed by atoms with E-state index in [1.165, 1.54) is 17.8 Å². The number of carbonyl (C=O) groups is 1. The van der Waals surface area contributed by atoms with E-state index in [0.717, 1.165) is 28.9 Å². The van der Waals surface area contributed by atoms with Crippen LogP contribution in [0.15, 0.2) is 71.9 Å². The number of halogens is 5. The number of nitrogens with zero attached hydrogens (tertiary/aromatic N) is 3. The molecule has 1 amide bonds. The predicted molar refractivity (Wildman–Crippen MR) is 145 cm³/mol. The molecule has 0 fully saturated rings. The number of alkyl halides is 3. The molecule has 0 aliphatic carbocycles. The summed E-state index contributed by atoms with van der Waals surface area (Å²) in [7, 11) is 0. The summed E-state index contributed by atoms with van der Waals surface area (Å²) in [5.74, 6) is 0.976. The van der Waals surface area contributed by atoms with Crippen molar-refractivity contribution in [3.8, 4) is 17.1 Å². The van der Waals surface area contributed by atoms with E-state index >= 15 is 0 Å². The maximum Gasteiger partial charge on any atom is 0.416 e. The van der Waals surface area contributed by atoms with Gasteiger partial charge in [0.15, 0.2) is 11.0 Å². The monoisotopic (exact) mass is 578 g/mol. The summed E-state index contributed by atoms with van der Waals surface area (Å²) in [5.41, 5.74) is 2.41. The molecule has 1 aromatic heterocycles. The Morgan fingerprint density at radius 1 is 1.00 bits per heavy atom. The van der Waals surface area contributed by atoms with Crippen LogP contribution in [0.25, 0.3) is 17.1 Å². The minimum atomic E-state index is -4.42. The van der Waals surface area contributed by atoms with Gasteiger partial charge in [-0.05, 0) is 49.2 Å². The van der Waals surface area contributed by atoms with Gasteiger partial charge in [0.1, 0.15) is 0 Å². The van der Waals surface area contributed by atoms with Crippen LogP contribution >= 0.6 is 35.0 Å². The smallest absolute Gasteiger partial charge is 0.352 e. The van der Waals surface area contributed by atoms with E-state index in [9.17, 15) is 18.0 Å². The number of amides is 1. The van der Waals surface area contributed by atoms with Gasteiger partial charge in [0.05, 0.1) is 21.3 Å². The molecule has 0 saturated heterocycles. The number of benzene rings is 3. The lowest BCUT2D eigenvalue weighted by Gasteiger charge is -2.12. The molecule has 0 atom stereocenters. The molecule has 3 aromatic carbocycles. The average Bonchev–Trinajstić information content (AvgIpc) is 3.31. The van der Waals surface area contributed by atoms with Crippen LogP contribution in [0.2, 0.25) is 10.0 Å². The van der Waals surface area contributed by atoms with Gasteiger partial charge in [-0.1, -0.05) is 76.9 Å². The fourth-order valence-corrected chi connectivity index (χ4v) is 4.84. The SMILES string of the molecule is Cc1ccc(-c2nnc(SCCCC(=O)NCc3cccc(C(F)(F)F)c3)n2-c2ccc(Cl)c(Cl)c2)cc1. The first-order valence-electron chi connectivity index (χ1n) is 11.7. The van der Waals surface area contributed by atoms with Crippen LogP contribution in [0.4, 0.5) is 13.2 Å². The van der Waals surface area contributed by atoms with Gasteiger partial charge in [0, 0.05) is 24.3 Å². The Morgan fingerprint density at radius 3 is 2.47 bits per heavy atom. The van der Waals surface area contributed by atoms with Crippen LogP contribution in [-0.4, -0.2) is 26.4 Å². The van der Waals surface area contributed by atoms with Crippen molar-refractivity contribution in [2.24, 2.45) is 0 Å². The first-order chi connectivity index (χ1) is 18.1. The van der Waals surface area contributed by atoms with Gasteiger partial charge in [-0.25, -0.2) is 0 Å². The summed E-state index contributed by atoms with van der Waals surface area (Å²) >= 11 is 13.8. The highest BCUT2D eigenvalue weighted by Gasteiger charge is 2.30. The van der Waals surface area contributed by atoms with E-state index in [1.54, 1.807) is 18.2 Å². The van der Waals surface area contributed by atoms with Crippen molar-refractivity contribution >= 4 is 40.9 Å². The Labute approximate surface area is 232 Å². The van der Waals surface area contributed by atoms with Crippen molar-refractivity contribution in [3.05, 3.63) is 93.5 Å². The quantitative estimate of drug-likeness (QED) is 0.163. The largest absolute Gasteiger partial charge is 0.416 e. The van der Waals surface area contributed by atoms with Crippen molar-refractivity contribution in [2.75, 3.05) is 5.75 Å². The number of aromatic nitrogens is 3. The first kappa shape index (κ1) is 28.0. The van der Waals surface area contributed by atoms with E-state index in [1.807, 2.05) is 41.8 Å². The molecule has 0 spiro atoms. The van der Waals surface area contributed by atoms with Crippen molar-refractivity contribution in [3.63, 3.8) is 0 Å². The molecule has 0 bridgehead atoms. The molecule has 11 heteroatoms. The van der Waals surface area contributed by atoms with Crippen LogP contribution in [0.3, 0.4) is 0 Å². The molecule has 0 saturated carbocycles. The van der Waals surface area contributed by atoms with Gasteiger partial charge in [-0.3, -0.25) is 9.36 Å². The number of thioether (sulfide) groups is 1. The van der Waals surface area contributed by atoms with E-state index < -0.39 is 11.7 Å². The third kappa shape index (κ3) is 7.09. The summed E-state index contributed by atoms with van der Waals surface area (Å²) in [6.45, 7) is 2.03. The zero-order valence-corrected chi connectivity index (χ0v) is 22.6. The van der Waals surface area contributed by atoms with E-state index in [-0.39, 0.29) is 18.9 Å². The highest BCUT2D eigenvalue weighted by Crippen LogP contribution is 2.32. The number of nitrogens with one attached hydrogen (secondary N) is 1. The van der Waals surface area contributed by atoms with Crippen molar-refractivity contribution in [1.82, 2.24) is 20.1 Å². The van der Waals surface area contributed by atoms with Crippen LogP contribution < -0.4 is 5.32 Å². The molecule has 1 N–H and O–H groups in total. The van der Waals surface area contributed by atoms with Crippen LogP contribution in [-0.2, 0) is 17.5 Å². The van der Waals surface area contributed by atoms with E-state index in [0.29, 0.717) is 38.8 Å². The number of hydrogen-bond acceptors (Lipinski definition) is 4. The van der Waals surface area contributed by atoms with E-state index in [4.69, 9.17) is 23.2 Å². The van der Waals surface area contributed by atoms with Crippen molar-refractivity contribution in [1.29, 1.82) is 0 Å². The minimum absolute atomic E-state index is 0.0292. The summed E-state index contributed by atoms with van der Waals surface area (Å²) in [4.78, 5) is 12.3. The number of hydrogen-bond donors (Lipinski definition) is 1. The topological polar surface area (TPSA) is 59.8 Å². The normalized spacial score (nSPS) is 11.5. The Bertz CT molecular complexity index is 1420. The Hall–Kier alpha value is -3.01. The molecular weight excluding hydrogens is 556 g/mol. The number of carbonyl (C=O) groups excluding carboxylic acids is 1. The van der Waals surface area contributed by atoms with Crippen molar-refractivity contribution < 1.29 is 18.0 Å². The molecular formula is C27H23Cl2F3N4OS. The molecule has 0 unspecified atom stereocenters. The fraction of sp³-hybridized carbons (Fsp3) is 0.222. The molecule has 4 rings (SSSR count). The zero-order valence-electron chi connectivity index (χ0n) is 20.2. The lowest BCUT2D eigenvalue weighted by molar-refractivity contribution is -0.137. The molecule has 198 valence electrons. The molecule has 4 aromatic rings. The molecule has 5 nitrogen and oxygen atoms in total. The second-order valence-corrected chi connectivity index (χ2v) is 10.4. The number of aryl methyl sites for hydroxylation is 1. The molecule has 0 aliphatic heterocycles. The summed E-state index contributed by atoms with van der Waals surface area (Å²) in [6.07, 6.45) is -3.67. The maximum absolute atomic E-state index is 12.9. The molecule has 0 aliphatic rings. The zero-order chi connectivity index (χ0) is 27.3. The highest BCUT2D eigenvalue weighted by atomic mass is 35.5. The summed E-state index contributed by atoms with van der Waals surface area (Å²) in [6, 6.07) is 18.1. The minimum Gasteiger partial charge on any atom is -0.352 e. The first-order valence-corrected chi connectivity index (χ1v) is 13.4. The lowest BCUT2D eigenvalue weighted by atomic mass is 10.1. The third-order valence-corrected chi connectivity index (χ3v) is 7.38. The third-order valence-electron chi connectivity index (χ3n) is 5.63. The van der Waals surface area contributed by atoms with Gasteiger partial charge >= 0.3 is 6.18 Å². The predicted octanol–water partition coefficient (Wildman–Crippen LogP) is 7.76. The summed E-state index contributed by atoms with van der Waals surface area (Å²) in [5, 5.41) is 12.9. The second kappa shape index (κ2) is 12.2. The van der Waals surface area contributed by atoms with Gasteiger partial charge < -0.3 is 5.32 Å². The van der Waals surface area contributed by atoms with Crippen LogP contribution in [0.5, 0.6) is 0 Å². The number of rotatable bonds is 9. The second-order valence-electron chi connectivity index (χ2n) is 8.53. The molecule has 0 radical (unpaired) electrons. The maximum atomic E-state index is 12.9. The van der Waals surface area contributed by atoms with Gasteiger partial charge in [-0.2, -0.15) is 13.2 Å². The Balaban J connectivity index is 1.39. The average molecular weight is 579 g/mol. The Kier molecular flexibility index (Phi) is 9.02. The highest BCUT2D eigenvalue weighted by molar-refractivity contribution is 7.99. The van der Waals surface area contributed by atoms with Gasteiger partial charge in [0.2, 0.25) is 5.91 Å². The summed E-state index contributed by atoms with van der Waals surface area (Å²) < 4.78 is 40.6. The Morgan fingerprint density at radius 2 is 1.76 bits per heavy atom. The van der Waals surface area contributed by atoms with E-state index in [2.05, 4.69) is 15.5 Å². The molecule has 38 heavy (non-hydrogen) atoms. The molecule has 1 heterocycles. The van der Waals surface area contributed by atoms with Gasteiger partial charge in [0.25, 0.3) is 0 Å².